The molecule has 1 saturated heterocycles. The van der Waals surface area contributed by atoms with E-state index in [0.717, 1.165) is 50.7 Å². The van der Waals surface area contributed by atoms with Crippen molar-refractivity contribution < 1.29 is 0 Å². The molecule has 5 rings (SSSR count). The molecule has 2 aliphatic heterocycles. The van der Waals surface area contributed by atoms with Crippen molar-refractivity contribution in [3.63, 3.8) is 0 Å². The van der Waals surface area contributed by atoms with E-state index in [0.29, 0.717) is 17.4 Å². The predicted octanol–water partition coefficient (Wildman–Crippen LogP) is 3.16. The highest BCUT2D eigenvalue weighted by molar-refractivity contribution is 5.85. The number of rotatable bonds is 6. The molecule has 0 spiro atoms. The first-order valence-electron chi connectivity index (χ1n) is 10.4. The molecular weight excluding hydrogens is 435 g/mol. The molecule has 2 atom stereocenters. The smallest absolute Gasteiger partial charge is 0.261 e. The van der Waals surface area contributed by atoms with Crippen LogP contribution in [0.15, 0.2) is 53.8 Å². The first kappa shape index (κ1) is 23.3. The van der Waals surface area contributed by atoms with Crippen molar-refractivity contribution >= 4 is 30.5 Å². The zero-order chi connectivity index (χ0) is 19.6. The van der Waals surface area contributed by atoms with E-state index in [2.05, 4.69) is 31.2 Å². The fourth-order valence-corrected chi connectivity index (χ4v) is 4.64. The SMILES string of the molecule is Cl.Cl.O=c1c(-c2nccn2CCCNc2cccnc2)ccc2n1C[C@@H]1CNC[C@H]2C1. The third-order valence-corrected chi connectivity index (χ3v) is 6.03. The molecule has 1 fully saturated rings. The average molecular weight is 463 g/mol. The molecular formula is C22H28Cl2N6O. The van der Waals surface area contributed by atoms with Gasteiger partial charge in [0.2, 0.25) is 0 Å². The van der Waals surface area contributed by atoms with Gasteiger partial charge in [-0.1, -0.05) is 0 Å². The van der Waals surface area contributed by atoms with Crippen molar-refractivity contribution in [2.45, 2.75) is 31.8 Å². The summed E-state index contributed by atoms with van der Waals surface area (Å²) in [5, 5.41) is 6.87. The number of nitrogens with zero attached hydrogens (tertiary/aromatic N) is 4. The summed E-state index contributed by atoms with van der Waals surface area (Å²) in [6, 6.07) is 8.03. The van der Waals surface area contributed by atoms with Gasteiger partial charge in [-0.25, -0.2) is 4.98 Å². The van der Waals surface area contributed by atoms with Gasteiger partial charge in [-0.05, 0) is 49.6 Å². The van der Waals surface area contributed by atoms with Gasteiger partial charge < -0.3 is 19.8 Å². The van der Waals surface area contributed by atoms with Crippen LogP contribution in [0, 0.1) is 5.92 Å². The van der Waals surface area contributed by atoms with E-state index < -0.39 is 0 Å². The highest BCUT2D eigenvalue weighted by Gasteiger charge is 2.31. The van der Waals surface area contributed by atoms with Gasteiger partial charge in [-0.2, -0.15) is 0 Å². The molecule has 7 nitrogen and oxygen atoms in total. The number of anilines is 1. The largest absolute Gasteiger partial charge is 0.384 e. The maximum Gasteiger partial charge on any atom is 0.261 e. The third kappa shape index (κ3) is 4.79. The minimum Gasteiger partial charge on any atom is -0.384 e. The van der Waals surface area contributed by atoms with Crippen LogP contribution in [0.25, 0.3) is 11.4 Å². The summed E-state index contributed by atoms with van der Waals surface area (Å²) in [4.78, 5) is 21.9. The normalized spacial score (nSPS) is 19.0. The van der Waals surface area contributed by atoms with Crippen molar-refractivity contribution in [3.05, 3.63) is 65.1 Å². The molecule has 31 heavy (non-hydrogen) atoms. The molecule has 0 saturated carbocycles. The number of aromatic nitrogens is 4. The van der Waals surface area contributed by atoms with E-state index in [4.69, 9.17) is 0 Å². The number of halogens is 2. The molecule has 0 aliphatic carbocycles. The van der Waals surface area contributed by atoms with E-state index in [1.165, 1.54) is 12.1 Å². The Morgan fingerprint density at radius 3 is 2.90 bits per heavy atom. The lowest BCUT2D eigenvalue weighted by Gasteiger charge is -2.37. The van der Waals surface area contributed by atoms with Gasteiger partial charge in [0.1, 0.15) is 5.82 Å². The molecule has 2 N–H and O–H groups in total. The Hall–Kier alpha value is -2.35. The summed E-state index contributed by atoms with van der Waals surface area (Å²) in [7, 11) is 0. The minimum atomic E-state index is 0. The quantitative estimate of drug-likeness (QED) is 0.550. The van der Waals surface area contributed by atoms with Crippen LogP contribution in [0.5, 0.6) is 0 Å². The maximum atomic E-state index is 13.3. The van der Waals surface area contributed by atoms with E-state index >= 15 is 0 Å². The molecule has 3 aromatic heterocycles. The van der Waals surface area contributed by atoms with Gasteiger partial charge in [-0.3, -0.25) is 9.78 Å². The van der Waals surface area contributed by atoms with Gasteiger partial charge in [0.05, 0.1) is 11.3 Å². The van der Waals surface area contributed by atoms with Crippen LogP contribution in [0.4, 0.5) is 5.69 Å². The molecule has 166 valence electrons. The van der Waals surface area contributed by atoms with Crippen LogP contribution >= 0.6 is 24.8 Å². The summed E-state index contributed by atoms with van der Waals surface area (Å²) in [6.07, 6.45) is 9.45. The van der Waals surface area contributed by atoms with Crippen LogP contribution in [0.2, 0.25) is 0 Å². The Morgan fingerprint density at radius 1 is 1.16 bits per heavy atom. The van der Waals surface area contributed by atoms with Crippen molar-refractivity contribution in [3.8, 4) is 11.4 Å². The predicted molar refractivity (Wildman–Crippen MR) is 127 cm³/mol. The number of nitrogens with one attached hydrogen (secondary N) is 2. The average Bonchev–Trinajstić information content (AvgIpc) is 3.21. The fraction of sp³-hybridized carbons (Fsp3) is 0.409. The standard InChI is InChI=1S/C22H26N6O.2ClH/c29-22-19(4-5-20-17-11-16(12-24-13-17)15-28(20)22)21-26-8-10-27(21)9-2-7-25-18-3-1-6-23-14-18;;/h1,3-6,8,10,14,16-17,24-25H,2,7,9,11-13,15H2;2*1H/t16-,17+;;/m0../s1. The summed E-state index contributed by atoms with van der Waals surface area (Å²) >= 11 is 0. The molecule has 0 radical (unpaired) electrons. The van der Waals surface area contributed by atoms with Gasteiger partial charge in [-0.15, -0.1) is 24.8 Å². The number of aryl methyl sites for hydroxylation is 1. The lowest BCUT2D eigenvalue weighted by molar-refractivity contribution is 0.257. The number of hydrogen-bond acceptors (Lipinski definition) is 5. The first-order valence-corrected chi connectivity index (χ1v) is 10.4. The van der Waals surface area contributed by atoms with E-state index in [1.54, 1.807) is 12.4 Å². The number of fused-ring (bicyclic) bond motifs is 4. The van der Waals surface area contributed by atoms with Crippen molar-refractivity contribution in [2.24, 2.45) is 5.92 Å². The van der Waals surface area contributed by atoms with Crippen molar-refractivity contribution in [2.75, 3.05) is 25.0 Å². The third-order valence-electron chi connectivity index (χ3n) is 6.03. The van der Waals surface area contributed by atoms with Crippen molar-refractivity contribution in [1.82, 2.24) is 24.4 Å². The van der Waals surface area contributed by atoms with Crippen molar-refractivity contribution in [1.29, 1.82) is 0 Å². The lowest BCUT2D eigenvalue weighted by Crippen LogP contribution is -2.45. The second-order valence-electron chi connectivity index (χ2n) is 8.01. The number of imidazole rings is 1. The monoisotopic (exact) mass is 462 g/mol. The number of pyridine rings is 2. The molecule has 0 unspecified atom stereocenters. The second kappa shape index (κ2) is 10.3. The Balaban J connectivity index is 0.00000136. The van der Waals surface area contributed by atoms with E-state index in [1.807, 2.05) is 35.2 Å². The summed E-state index contributed by atoms with van der Waals surface area (Å²) < 4.78 is 4.08. The van der Waals surface area contributed by atoms with Gasteiger partial charge >= 0.3 is 0 Å². The topological polar surface area (TPSA) is 76.8 Å². The van der Waals surface area contributed by atoms with E-state index in [9.17, 15) is 4.79 Å². The highest BCUT2D eigenvalue weighted by atomic mass is 35.5. The second-order valence-corrected chi connectivity index (χ2v) is 8.01. The van der Waals surface area contributed by atoms with Crippen LogP contribution in [0.3, 0.4) is 0 Å². The van der Waals surface area contributed by atoms with E-state index in [-0.39, 0.29) is 30.4 Å². The van der Waals surface area contributed by atoms with Crippen LogP contribution < -0.4 is 16.2 Å². The van der Waals surface area contributed by atoms with Crippen LogP contribution in [0.1, 0.15) is 24.5 Å². The molecule has 9 heteroatoms. The molecule has 2 aliphatic rings. The molecule has 2 bridgehead atoms. The van der Waals surface area contributed by atoms with Gasteiger partial charge in [0.25, 0.3) is 5.56 Å². The maximum absolute atomic E-state index is 13.3. The van der Waals surface area contributed by atoms with Gasteiger partial charge in [0.15, 0.2) is 0 Å². The summed E-state index contributed by atoms with van der Waals surface area (Å²) in [5.41, 5.74) is 2.99. The Morgan fingerprint density at radius 2 is 2.06 bits per heavy atom. The highest BCUT2D eigenvalue weighted by Crippen LogP contribution is 2.32. The summed E-state index contributed by atoms with van der Waals surface area (Å²) in [5.74, 6) is 1.76. The Bertz CT molecular complexity index is 1050. The van der Waals surface area contributed by atoms with Crippen LogP contribution in [-0.4, -0.2) is 38.7 Å². The first-order chi connectivity index (χ1) is 14.3. The Kier molecular flexibility index (Phi) is 7.75. The Labute approximate surface area is 194 Å². The molecule has 3 aromatic rings. The lowest BCUT2D eigenvalue weighted by atomic mass is 9.84. The minimum absolute atomic E-state index is 0. The number of hydrogen-bond donors (Lipinski definition) is 2. The molecule has 0 amide bonds. The molecule has 0 aromatic carbocycles. The zero-order valence-electron chi connectivity index (χ0n) is 17.2. The zero-order valence-corrected chi connectivity index (χ0v) is 18.9. The van der Waals surface area contributed by atoms with Gasteiger partial charge in [0, 0.05) is 62.6 Å². The number of piperidine rings is 1. The fourth-order valence-electron chi connectivity index (χ4n) is 4.64. The summed E-state index contributed by atoms with van der Waals surface area (Å²) in [6.45, 7) is 4.42. The van der Waals surface area contributed by atoms with Crippen LogP contribution in [-0.2, 0) is 13.1 Å². The molecule has 5 heterocycles.